The summed E-state index contributed by atoms with van der Waals surface area (Å²) in [5, 5.41) is 3.44. The Morgan fingerprint density at radius 1 is 1.35 bits per heavy atom. The highest BCUT2D eigenvalue weighted by atomic mass is 32.1. The molecule has 0 spiro atoms. The Kier molecular flexibility index (Phi) is 5.35. The van der Waals surface area contributed by atoms with E-state index in [4.69, 9.17) is 18.0 Å². The fourth-order valence-corrected chi connectivity index (χ4v) is 3.40. The normalized spacial score (nSPS) is 16.1. The van der Waals surface area contributed by atoms with Crippen molar-refractivity contribution in [3.63, 3.8) is 0 Å². The minimum absolute atomic E-state index is 0.426. The first-order chi connectivity index (χ1) is 9.58. The SMILES string of the molecule is Cc1cc(C)c(C(N)=S)c(NCCC2CCCCC2)n1. The summed E-state index contributed by atoms with van der Waals surface area (Å²) >= 11 is 5.15. The summed E-state index contributed by atoms with van der Waals surface area (Å²) in [6.45, 7) is 4.99. The van der Waals surface area contributed by atoms with E-state index in [9.17, 15) is 0 Å². The third-order valence-electron chi connectivity index (χ3n) is 4.16. The van der Waals surface area contributed by atoms with Crippen LogP contribution in [0.2, 0.25) is 0 Å². The number of hydrogen-bond acceptors (Lipinski definition) is 3. The molecule has 0 bridgehead atoms. The van der Waals surface area contributed by atoms with Crippen LogP contribution >= 0.6 is 12.2 Å². The van der Waals surface area contributed by atoms with Crippen LogP contribution in [0, 0.1) is 19.8 Å². The van der Waals surface area contributed by atoms with Gasteiger partial charge in [0, 0.05) is 12.2 Å². The van der Waals surface area contributed by atoms with Crippen LogP contribution < -0.4 is 11.1 Å². The number of aromatic nitrogens is 1. The predicted octanol–water partition coefficient (Wildman–Crippen LogP) is 3.71. The minimum atomic E-state index is 0.426. The molecular weight excluding hydrogens is 266 g/mol. The quantitative estimate of drug-likeness (QED) is 0.812. The smallest absolute Gasteiger partial charge is 0.136 e. The highest BCUT2D eigenvalue weighted by molar-refractivity contribution is 7.80. The maximum Gasteiger partial charge on any atom is 0.136 e. The van der Waals surface area contributed by atoms with E-state index in [-0.39, 0.29) is 0 Å². The summed E-state index contributed by atoms with van der Waals surface area (Å²) in [5.41, 5.74) is 8.83. The fourth-order valence-electron chi connectivity index (χ4n) is 3.15. The van der Waals surface area contributed by atoms with E-state index in [1.807, 2.05) is 19.9 Å². The van der Waals surface area contributed by atoms with Crippen LogP contribution in [0.15, 0.2) is 6.07 Å². The molecule has 1 aliphatic carbocycles. The molecule has 0 atom stereocenters. The highest BCUT2D eigenvalue weighted by Crippen LogP contribution is 2.26. The Labute approximate surface area is 127 Å². The molecule has 0 radical (unpaired) electrons. The number of nitrogens with two attached hydrogens (primary N) is 1. The Bertz CT molecular complexity index is 479. The maximum absolute atomic E-state index is 5.83. The zero-order valence-corrected chi connectivity index (χ0v) is 13.4. The van der Waals surface area contributed by atoms with Crippen molar-refractivity contribution in [2.24, 2.45) is 11.7 Å². The van der Waals surface area contributed by atoms with Gasteiger partial charge in [-0.05, 0) is 37.8 Å². The van der Waals surface area contributed by atoms with Gasteiger partial charge >= 0.3 is 0 Å². The van der Waals surface area contributed by atoms with Gasteiger partial charge in [0.1, 0.15) is 10.8 Å². The van der Waals surface area contributed by atoms with Crippen molar-refractivity contribution < 1.29 is 0 Å². The van der Waals surface area contributed by atoms with Crippen LogP contribution in [0.4, 0.5) is 5.82 Å². The fraction of sp³-hybridized carbons (Fsp3) is 0.625. The molecule has 1 aliphatic rings. The number of pyridine rings is 1. The minimum Gasteiger partial charge on any atom is -0.389 e. The third kappa shape index (κ3) is 3.92. The van der Waals surface area contributed by atoms with Gasteiger partial charge < -0.3 is 11.1 Å². The zero-order chi connectivity index (χ0) is 14.5. The lowest BCUT2D eigenvalue weighted by Gasteiger charge is -2.22. The van der Waals surface area contributed by atoms with E-state index in [0.29, 0.717) is 4.99 Å². The summed E-state index contributed by atoms with van der Waals surface area (Å²) < 4.78 is 0. The van der Waals surface area contributed by atoms with Crippen molar-refractivity contribution in [3.05, 3.63) is 22.9 Å². The summed E-state index contributed by atoms with van der Waals surface area (Å²) in [6, 6.07) is 2.03. The molecule has 110 valence electrons. The summed E-state index contributed by atoms with van der Waals surface area (Å²) in [4.78, 5) is 4.99. The number of hydrogen-bond donors (Lipinski definition) is 2. The number of nitrogens with zero attached hydrogens (tertiary/aromatic N) is 1. The molecular formula is C16H25N3S. The molecule has 1 aromatic rings. The van der Waals surface area contributed by atoms with E-state index in [1.165, 1.54) is 38.5 Å². The molecule has 20 heavy (non-hydrogen) atoms. The van der Waals surface area contributed by atoms with Crippen molar-refractivity contribution in [2.45, 2.75) is 52.4 Å². The maximum atomic E-state index is 5.83. The summed E-state index contributed by atoms with van der Waals surface area (Å²) in [5.74, 6) is 1.72. The van der Waals surface area contributed by atoms with E-state index in [0.717, 1.165) is 35.1 Å². The Morgan fingerprint density at radius 3 is 2.70 bits per heavy atom. The van der Waals surface area contributed by atoms with Crippen molar-refractivity contribution >= 4 is 23.0 Å². The van der Waals surface area contributed by atoms with Gasteiger partial charge in [0.15, 0.2) is 0 Å². The van der Waals surface area contributed by atoms with Crippen LogP contribution in [0.5, 0.6) is 0 Å². The van der Waals surface area contributed by atoms with Crippen LogP contribution in [0.25, 0.3) is 0 Å². The average molecular weight is 291 g/mol. The number of aryl methyl sites for hydroxylation is 2. The first-order valence-electron chi connectivity index (χ1n) is 7.60. The van der Waals surface area contributed by atoms with Gasteiger partial charge in [-0.25, -0.2) is 4.98 Å². The lowest BCUT2D eigenvalue weighted by Crippen LogP contribution is -2.18. The molecule has 3 N–H and O–H groups in total. The van der Waals surface area contributed by atoms with E-state index in [2.05, 4.69) is 10.3 Å². The van der Waals surface area contributed by atoms with Gasteiger partial charge in [0.05, 0.1) is 5.56 Å². The third-order valence-corrected chi connectivity index (χ3v) is 4.36. The van der Waals surface area contributed by atoms with Crippen LogP contribution in [0.1, 0.15) is 55.3 Å². The molecule has 0 amide bonds. The second-order valence-electron chi connectivity index (χ2n) is 5.89. The van der Waals surface area contributed by atoms with Gasteiger partial charge in [0.2, 0.25) is 0 Å². The number of nitrogens with one attached hydrogen (secondary N) is 1. The lowest BCUT2D eigenvalue weighted by atomic mass is 9.87. The lowest BCUT2D eigenvalue weighted by molar-refractivity contribution is 0.345. The standard InChI is InChI=1S/C16H25N3S/c1-11-10-12(2)19-16(14(11)15(17)20)18-9-8-13-6-4-3-5-7-13/h10,13H,3-9H2,1-2H3,(H2,17,20)(H,18,19). The molecule has 1 aromatic heterocycles. The van der Waals surface area contributed by atoms with Crippen molar-refractivity contribution in [2.75, 3.05) is 11.9 Å². The van der Waals surface area contributed by atoms with Gasteiger partial charge in [-0.3, -0.25) is 0 Å². The number of anilines is 1. The van der Waals surface area contributed by atoms with E-state index in [1.54, 1.807) is 0 Å². The molecule has 1 saturated carbocycles. The van der Waals surface area contributed by atoms with Crippen molar-refractivity contribution in [3.8, 4) is 0 Å². The van der Waals surface area contributed by atoms with Gasteiger partial charge in [-0.2, -0.15) is 0 Å². The Hall–Kier alpha value is -1.16. The first kappa shape index (κ1) is 15.2. The van der Waals surface area contributed by atoms with E-state index < -0.39 is 0 Å². The van der Waals surface area contributed by atoms with Crippen LogP contribution in [-0.4, -0.2) is 16.5 Å². The topological polar surface area (TPSA) is 50.9 Å². The van der Waals surface area contributed by atoms with Crippen LogP contribution in [-0.2, 0) is 0 Å². The number of thiocarbonyl (C=S) groups is 1. The summed E-state index contributed by atoms with van der Waals surface area (Å²) in [6.07, 6.45) is 8.17. The van der Waals surface area contributed by atoms with Crippen molar-refractivity contribution in [1.82, 2.24) is 4.98 Å². The molecule has 3 nitrogen and oxygen atoms in total. The first-order valence-corrected chi connectivity index (χ1v) is 8.00. The Morgan fingerprint density at radius 2 is 2.05 bits per heavy atom. The van der Waals surface area contributed by atoms with Crippen LogP contribution in [0.3, 0.4) is 0 Å². The molecule has 1 fully saturated rings. The Balaban J connectivity index is 1.99. The predicted molar refractivity (Wildman–Crippen MR) is 89.3 cm³/mol. The van der Waals surface area contributed by atoms with Gasteiger partial charge in [-0.1, -0.05) is 44.3 Å². The molecule has 0 saturated heterocycles. The van der Waals surface area contributed by atoms with Gasteiger partial charge in [-0.15, -0.1) is 0 Å². The molecule has 2 rings (SSSR count). The average Bonchev–Trinajstić information content (AvgIpc) is 2.38. The molecule has 1 heterocycles. The largest absolute Gasteiger partial charge is 0.389 e. The second kappa shape index (κ2) is 7.02. The van der Waals surface area contributed by atoms with E-state index >= 15 is 0 Å². The van der Waals surface area contributed by atoms with Gasteiger partial charge in [0.25, 0.3) is 0 Å². The zero-order valence-electron chi connectivity index (χ0n) is 12.5. The number of rotatable bonds is 5. The molecule has 0 aromatic carbocycles. The van der Waals surface area contributed by atoms with Crippen molar-refractivity contribution in [1.29, 1.82) is 0 Å². The highest BCUT2D eigenvalue weighted by Gasteiger charge is 2.14. The molecule has 4 heteroatoms. The molecule has 0 aliphatic heterocycles. The second-order valence-corrected chi connectivity index (χ2v) is 6.33. The summed E-state index contributed by atoms with van der Waals surface area (Å²) in [7, 11) is 0. The molecule has 0 unspecified atom stereocenters. The monoisotopic (exact) mass is 291 g/mol.